The summed E-state index contributed by atoms with van der Waals surface area (Å²) >= 11 is 4.22. The van der Waals surface area contributed by atoms with Gasteiger partial charge in [-0.15, -0.1) is 12.4 Å². The molecule has 0 aromatic heterocycles. The van der Waals surface area contributed by atoms with Crippen molar-refractivity contribution >= 4 is 25.0 Å². The molecule has 0 aliphatic carbocycles. The minimum atomic E-state index is -0.00737. The predicted molar refractivity (Wildman–Crippen MR) is 85.5 cm³/mol. The fourth-order valence-electron chi connectivity index (χ4n) is 1.82. The van der Waals surface area contributed by atoms with Gasteiger partial charge in [0.15, 0.2) is 0 Å². The fourth-order valence-corrected chi connectivity index (χ4v) is 2.04. The van der Waals surface area contributed by atoms with E-state index in [4.69, 9.17) is 5.73 Å². The molecule has 0 aromatic carbocycles. The zero-order chi connectivity index (χ0) is 12.4. The van der Waals surface area contributed by atoms with Gasteiger partial charge >= 0.3 is 0 Å². The molecule has 0 heterocycles. The van der Waals surface area contributed by atoms with Crippen LogP contribution >= 0.6 is 25.0 Å². The van der Waals surface area contributed by atoms with E-state index in [0.717, 1.165) is 5.75 Å². The third-order valence-electron chi connectivity index (χ3n) is 3.57. The minimum absolute atomic E-state index is 0. The van der Waals surface area contributed by atoms with Gasteiger partial charge in [0, 0.05) is 5.54 Å². The molecule has 0 rings (SSSR count). The largest absolute Gasteiger partial charge is 0.325 e. The first-order valence-corrected chi connectivity index (χ1v) is 7.51. The molecule has 0 fully saturated rings. The van der Waals surface area contributed by atoms with Gasteiger partial charge in [-0.1, -0.05) is 45.4 Å². The molecule has 106 valence electrons. The molecule has 2 N–H and O–H groups in total. The summed E-state index contributed by atoms with van der Waals surface area (Å²) in [6.07, 6.45) is 10.8. The second-order valence-electron chi connectivity index (χ2n) is 5.71. The van der Waals surface area contributed by atoms with Crippen LogP contribution in [0.4, 0.5) is 0 Å². The van der Waals surface area contributed by atoms with Gasteiger partial charge in [0.1, 0.15) is 0 Å². The van der Waals surface area contributed by atoms with Gasteiger partial charge in [-0.25, -0.2) is 0 Å². The summed E-state index contributed by atoms with van der Waals surface area (Å²) in [6.45, 7) is 6.54. The van der Waals surface area contributed by atoms with Crippen molar-refractivity contribution in [3.8, 4) is 0 Å². The number of hydrogen-bond donors (Lipinski definition) is 2. The maximum absolute atomic E-state index is 6.07. The van der Waals surface area contributed by atoms with E-state index in [1.165, 1.54) is 51.4 Å². The molecule has 0 saturated heterocycles. The van der Waals surface area contributed by atoms with Gasteiger partial charge in [-0.05, 0) is 38.4 Å². The summed E-state index contributed by atoms with van der Waals surface area (Å²) in [5, 5.41) is 0. The summed E-state index contributed by atoms with van der Waals surface area (Å²) < 4.78 is 0. The van der Waals surface area contributed by atoms with Gasteiger partial charge in [0.25, 0.3) is 0 Å². The molecular weight excluding hydrogens is 250 g/mol. The first-order valence-electron chi connectivity index (χ1n) is 6.88. The van der Waals surface area contributed by atoms with E-state index in [0.29, 0.717) is 5.92 Å². The first-order chi connectivity index (χ1) is 7.48. The molecular formula is C14H32ClNS. The molecule has 1 unspecified atom stereocenters. The zero-order valence-electron chi connectivity index (χ0n) is 11.9. The van der Waals surface area contributed by atoms with E-state index in [9.17, 15) is 0 Å². The van der Waals surface area contributed by atoms with E-state index in [-0.39, 0.29) is 17.9 Å². The number of halogens is 1. The lowest BCUT2D eigenvalue weighted by Gasteiger charge is -2.27. The average molecular weight is 282 g/mol. The van der Waals surface area contributed by atoms with Gasteiger partial charge in [0.2, 0.25) is 0 Å². The molecule has 0 aromatic rings. The normalized spacial score (nSPS) is 13.2. The Balaban J connectivity index is 0. The van der Waals surface area contributed by atoms with Crippen molar-refractivity contribution in [3.63, 3.8) is 0 Å². The van der Waals surface area contributed by atoms with Crippen LogP contribution < -0.4 is 5.73 Å². The monoisotopic (exact) mass is 281 g/mol. The van der Waals surface area contributed by atoms with E-state index >= 15 is 0 Å². The minimum Gasteiger partial charge on any atom is -0.325 e. The van der Waals surface area contributed by atoms with Crippen molar-refractivity contribution in [1.29, 1.82) is 0 Å². The molecule has 1 nitrogen and oxygen atoms in total. The van der Waals surface area contributed by atoms with Crippen molar-refractivity contribution in [2.24, 2.45) is 11.7 Å². The van der Waals surface area contributed by atoms with Crippen LogP contribution in [-0.2, 0) is 0 Å². The average Bonchev–Trinajstić information content (AvgIpc) is 2.20. The topological polar surface area (TPSA) is 26.0 Å². The highest BCUT2D eigenvalue weighted by atomic mass is 35.5. The van der Waals surface area contributed by atoms with Gasteiger partial charge in [-0.2, -0.15) is 12.6 Å². The van der Waals surface area contributed by atoms with Crippen LogP contribution in [0.15, 0.2) is 0 Å². The maximum atomic E-state index is 6.07. The molecule has 17 heavy (non-hydrogen) atoms. The second kappa shape index (κ2) is 11.7. The highest BCUT2D eigenvalue weighted by Gasteiger charge is 2.19. The van der Waals surface area contributed by atoms with Crippen molar-refractivity contribution in [2.45, 2.75) is 77.7 Å². The number of nitrogens with two attached hydrogens (primary N) is 1. The first kappa shape index (κ1) is 19.9. The highest BCUT2D eigenvalue weighted by Crippen LogP contribution is 2.20. The van der Waals surface area contributed by atoms with Crippen LogP contribution in [0.1, 0.15) is 72.1 Å². The lowest BCUT2D eigenvalue weighted by molar-refractivity contribution is 0.316. The predicted octanol–water partition coefficient (Wildman–Crippen LogP) is 4.83. The quantitative estimate of drug-likeness (QED) is 0.435. The second-order valence-corrected chi connectivity index (χ2v) is 6.16. The Bertz CT molecular complexity index is 157. The summed E-state index contributed by atoms with van der Waals surface area (Å²) in [5.41, 5.74) is 6.06. The van der Waals surface area contributed by atoms with Crippen LogP contribution in [0.2, 0.25) is 0 Å². The van der Waals surface area contributed by atoms with Crippen molar-refractivity contribution in [3.05, 3.63) is 0 Å². The van der Waals surface area contributed by atoms with Gasteiger partial charge in [0.05, 0.1) is 0 Å². The number of unbranched alkanes of at least 4 members (excludes halogenated alkanes) is 6. The molecule has 0 radical (unpaired) electrons. The Morgan fingerprint density at radius 3 is 1.76 bits per heavy atom. The maximum Gasteiger partial charge on any atom is 0.0123 e. The summed E-state index contributed by atoms with van der Waals surface area (Å²) in [5.74, 6) is 1.68. The molecule has 0 aliphatic rings. The van der Waals surface area contributed by atoms with Crippen LogP contribution in [-0.4, -0.2) is 11.3 Å². The molecule has 3 heteroatoms. The van der Waals surface area contributed by atoms with E-state index in [2.05, 4.69) is 33.4 Å². The lowest BCUT2D eigenvalue weighted by atomic mass is 9.86. The van der Waals surface area contributed by atoms with Crippen molar-refractivity contribution < 1.29 is 0 Å². The Kier molecular flexibility index (Phi) is 13.7. The Hall–Kier alpha value is 0.600. The van der Waals surface area contributed by atoms with E-state index in [1.807, 2.05) is 0 Å². The van der Waals surface area contributed by atoms with Crippen molar-refractivity contribution in [1.82, 2.24) is 0 Å². The molecule has 0 bridgehead atoms. The molecule has 0 amide bonds. The molecule has 0 spiro atoms. The third-order valence-corrected chi connectivity index (χ3v) is 3.88. The molecule has 1 atom stereocenters. The van der Waals surface area contributed by atoms with Crippen LogP contribution in [0, 0.1) is 5.92 Å². The number of hydrogen-bond acceptors (Lipinski definition) is 2. The number of rotatable bonds is 10. The third kappa shape index (κ3) is 12.8. The number of thiol groups is 1. The summed E-state index contributed by atoms with van der Waals surface area (Å²) in [4.78, 5) is 0. The highest BCUT2D eigenvalue weighted by molar-refractivity contribution is 7.80. The lowest BCUT2D eigenvalue weighted by Crippen LogP contribution is -2.39. The zero-order valence-corrected chi connectivity index (χ0v) is 13.6. The summed E-state index contributed by atoms with van der Waals surface area (Å²) in [7, 11) is 0. The standard InChI is InChI=1S/C14H31NS.ClH/c1-13(14(2,3)15)11-9-7-5-4-6-8-10-12-16;/h13,16H,4-12,15H2,1-3H3;1H. The summed E-state index contributed by atoms with van der Waals surface area (Å²) in [6, 6.07) is 0. The van der Waals surface area contributed by atoms with E-state index in [1.54, 1.807) is 0 Å². The smallest absolute Gasteiger partial charge is 0.0123 e. The Morgan fingerprint density at radius 2 is 1.35 bits per heavy atom. The Morgan fingerprint density at radius 1 is 0.941 bits per heavy atom. The van der Waals surface area contributed by atoms with Crippen LogP contribution in [0.25, 0.3) is 0 Å². The Labute approximate surface area is 120 Å². The van der Waals surface area contributed by atoms with Gasteiger partial charge in [-0.3, -0.25) is 0 Å². The SMILES string of the molecule is CC(CCCCCCCCCS)C(C)(C)N.Cl. The van der Waals surface area contributed by atoms with Gasteiger partial charge < -0.3 is 5.73 Å². The van der Waals surface area contributed by atoms with Crippen LogP contribution in [0.3, 0.4) is 0 Å². The van der Waals surface area contributed by atoms with Crippen molar-refractivity contribution in [2.75, 3.05) is 5.75 Å². The molecule has 0 saturated carbocycles. The molecule has 0 aliphatic heterocycles. The van der Waals surface area contributed by atoms with Crippen LogP contribution in [0.5, 0.6) is 0 Å². The fraction of sp³-hybridized carbons (Fsp3) is 1.00. The van der Waals surface area contributed by atoms with E-state index < -0.39 is 0 Å².